The van der Waals surface area contributed by atoms with Crippen LogP contribution in [-0.4, -0.2) is 41.9 Å². The predicted octanol–water partition coefficient (Wildman–Crippen LogP) is 3.92. The Kier molecular flexibility index (Phi) is 7.85. The molecule has 0 atom stereocenters. The predicted molar refractivity (Wildman–Crippen MR) is 130 cm³/mol. The number of carbonyl (C=O) groups is 1. The van der Waals surface area contributed by atoms with E-state index >= 15 is 0 Å². The van der Waals surface area contributed by atoms with Gasteiger partial charge in [0.1, 0.15) is 29.6 Å². The molecule has 0 aliphatic heterocycles. The van der Waals surface area contributed by atoms with Crippen molar-refractivity contribution < 1.29 is 32.2 Å². The van der Waals surface area contributed by atoms with Crippen molar-refractivity contribution in [1.29, 1.82) is 0 Å². The highest BCUT2D eigenvalue weighted by Gasteiger charge is 2.14. The van der Waals surface area contributed by atoms with E-state index in [1.807, 2.05) is 0 Å². The van der Waals surface area contributed by atoms with Gasteiger partial charge in [0, 0.05) is 22.9 Å². The van der Waals surface area contributed by atoms with Gasteiger partial charge in [-0.2, -0.15) is 0 Å². The number of ether oxygens (including phenoxy) is 4. The molecule has 0 heterocycles. The van der Waals surface area contributed by atoms with Crippen molar-refractivity contribution in [3.63, 3.8) is 0 Å². The maximum atomic E-state index is 12.7. The highest BCUT2D eigenvalue weighted by molar-refractivity contribution is 7.92. The van der Waals surface area contributed by atoms with E-state index < -0.39 is 10.0 Å². The maximum absolute atomic E-state index is 12.7. The Hall–Kier alpha value is -3.92. The first-order chi connectivity index (χ1) is 16.2. The third-order valence-electron chi connectivity index (χ3n) is 4.74. The van der Waals surface area contributed by atoms with Crippen LogP contribution >= 0.6 is 0 Å². The van der Waals surface area contributed by atoms with Crippen molar-refractivity contribution in [2.24, 2.45) is 0 Å². The number of sulfonamides is 1. The van der Waals surface area contributed by atoms with Gasteiger partial charge in [0.25, 0.3) is 5.91 Å². The number of anilines is 2. The second kappa shape index (κ2) is 10.8. The van der Waals surface area contributed by atoms with Gasteiger partial charge in [-0.05, 0) is 48.5 Å². The van der Waals surface area contributed by atoms with Gasteiger partial charge in [-0.15, -0.1) is 0 Å². The molecule has 0 unspecified atom stereocenters. The number of hydrogen-bond acceptors (Lipinski definition) is 7. The number of nitrogens with one attached hydrogen (secondary N) is 2. The quantitative estimate of drug-likeness (QED) is 0.447. The molecular formula is C24H26N2O7S. The summed E-state index contributed by atoms with van der Waals surface area (Å²) >= 11 is 0. The first-order valence-electron chi connectivity index (χ1n) is 10.1. The fourth-order valence-electron chi connectivity index (χ4n) is 3.12. The minimum absolute atomic E-state index is 0.0616. The molecule has 0 saturated carbocycles. The third-order valence-corrected chi connectivity index (χ3v) is 5.33. The zero-order valence-corrected chi connectivity index (χ0v) is 20.1. The Morgan fingerprint density at radius 1 is 0.853 bits per heavy atom. The number of methoxy groups -OCH3 is 3. The number of hydrogen-bond donors (Lipinski definition) is 2. The van der Waals surface area contributed by atoms with Crippen LogP contribution in [-0.2, 0) is 16.6 Å². The lowest BCUT2D eigenvalue weighted by Crippen LogP contribution is -2.14. The summed E-state index contributed by atoms with van der Waals surface area (Å²) in [6.45, 7) is 0.0616. The standard InChI is InChI=1S/C24H26N2O7S/c1-30-19-7-5-6-16(12-19)24(27)25-18-8-10-21(26-34(4,28)29)23(14-18)33-15-17-13-20(31-2)9-11-22(17)32-3/h5-14,26H,15H2,1-4H3,(H,25,27). The monoisotopic (exact) mass is 486 g/mol. The van der Waals surface area contributed by atoms with E-state index in [1.54, 1.807) is 55.6 Å². The number of rotatable bonds is 10. The zero-order valence-electron chi connectivity index (χ0n) is 19.2. The Labute approximate surface area is 198 Å². The first-order valence-corrected chi connectivity index (χ1v) is 12.0. The van der Waals surface area contributed by atoms with Crippen LogP contribution in [0.15, 0.2) is 60.7 Å². The molecule has 3 aromatic carbocycles. The third kappa shape index (κ3) is 6.55. The van der Waals surface area contributed by atoms with Crippen molar-refractivity contribution in [3.05, 3.63) is 71.8 Å². The van der Waals surface area contributed by atoms with Gasteiger partial charge in [0.05, 0.1) is 33.3 Å². The summed E-state index contributed by atoms with van der Waals surface area (Å²) in [7, 11) is 1.04. The van der Waals surface area contributed by atoms with Crippen LogP contribution < -0.4 is 29.0 Å². The molecule has 180 valence electrons. The molecule has 34 heavy (non-hydrogen) atoms. The van der Waals surface area contributed by atoms with E-state index in [0.29, 0.717) is 34.1 Å². The van der Waals surface area contributed by atoms with Gasteiger partial charge >= 0.3 is 0 Å². The van der Waals surface area contributed by atoms with Crippen molar-refractivity contribution in [2.45, 2.75) is 6.61 Å². The molecule has 0 aliphatic rings. The van der Waals surface area contributed by atoms with Gasteiger partial charge in [0.15, 0.2) is 0 Å². The molecule has 0 aromatic heterocycles. The SMILES string of the molecule is COc1cccc(C(=O)Nc2ccc(NS(C)(=O)=O)c(OCc3cc(OC)ccc3OC)c2)c1. The molecule has 0 fully saturated rings. The minimum Gasteiger partial charge on any atom is -0.497 e. The van der Waals surface area contributed by atoms with E-state index in [9.17, 15) is 13.2 Å². The number of benzene rings is 3. The minimum atomic E-state index is -3.57. The highest BCUT2D eigenvalue weighted by Crippen LogP contribution is 2.32. The van der Waals surface area contributed by atoms with E-state index in [-0.39, 0.29) is 24.0 Å². The summed E-state index contributed by atoms with van der Waals surface area (Å²) < 4.78 is 47.8. The summed E-state index contributed by atoms with van der Waals surface area (Å²) in [6, 6.07) is 16.6. The van der Waals surface area contributed by atoms with Crippen LogP contribution in [0.5, 0.6) is 23.0 Å². The normalized spacial score (nSPS) is 10.8. The van der Waals surface area contributed by atoms with Crippen LogP contribution in [0.25, 0.3) is 0 Å². The molecule has 10 heteroatoms. The molecule has 0 bridgehead atoms. The van der Waals surface area contributed by atoms with Gasteiger partial charge in [-0.3, -0.25) is 9.52 Å². The van der Waals surface area contributed by atoms with Gasteiger partial charge in [-0.1, -0.05) is 6.07 Å². The molecule has 0 spiro atoms. The van der Waals surface area contributed by atoms with Crippen LogP contribution in [0.4, 0.5) is 11.4 Å². The lowest BCUT2D eigenvalue weighted by Gasteiger charge is -2.16. The van der Waals surface area contributed by atoms with E-state index in [4.69, 9.17) is 18.9 Å². The lowest BCUT2D eigenvalue weighted by atomic mass is 10.2. The Balaban J connectivity index is 1.88. The Morgan fingerprint density at radius 3 is 2.26 bits per heavy atom. The van der Waals surface area contributed by atoms with Gasteiger partial charge in [-0.25, -0.2) is 8.42 Å². The lowest BCUT2D eigenvalue weighted by molar-refractivity contribution is 0.102. The van der Waals surface area contributed by atoms with Crippen molar-refractivity contribution >= 4 is 27.3 Å². The average molecular weight is 487 g/mol. The summed E-state index contributed by atoms with van der Waals surface area (Å²) in [5, 5.41) is 2.78. The second-order valence-corrected chi connectivity index (χ2v) is 8.99. The zero-order chi connectivity index (χ0) is 24.7. The number of amides is 1. The van der Waals surface area contributed by atoms with Crippen LogP contribution in [0.1, 0.15) is 15.9 Å². The molecule has 0 saturated heterocycles. The van der Waals surface area contributed by atoms with Crippen LogP contribution in [0.3, 0.4) is 0 Å². The van der Waals surface area contributed by atoms with Crippen molar-refractivity contribution in [2.75, 3.05) is 37.6 Å². The summed E-state index contributed by atoms with van der Waals surface area (Å²) in [5.41, 5.74) is 1.74. The van der Waals surface area contributed by atoms with Gasteiger partial charge in [0.2, 0.25) is 10.0 Å². The van der Waals surface area contributed by atoms with Gasteiger partial charge < -0.3 is 24.3 Å². The van der Waals surface area contributed by atoms with Crippen LogP contribution in [0.2, 0.25) is 0 Å². The molecule has 1 amide bonds. The molecule has 3 rings (SSSR count). The molecule has 0 aliphatic carbocycles. The molecule has 9 nitrogen and oxygen atoms in total. The van der Waals surface area contributed by atoms with Crippen molar-refractivity contribution in [3.8, 4) is 23.0 Å². The van der Waals surface area contributed by atoms with E-state index in [0.717, 1.165) is 6.26 Å². The average Bonchev–Trinajstić information content (AvgIpc) is 2.82. The molecule has 3 aromatic rings. The second-order valence-electron chi connectivity index (χ2n) is 7.24. The molecular weight excluding hydrogens is 460 g/mol. The summed E-state index contributed by atoms with van der Waals surface area (Å²) in [5.74, 6) is 1.62. The fraction of sp³-hybridized carbons (Fsp3) is 0.208. The van der Waals surface area contributed by atoms with E-state index in [2.05, 4.69) is 10.0 Å². The topological polar surface area (TPSA) is 112 Å². The first kappa shape index (κ1) is 24.7. The summed E-state index contributed by atoms with van der Waals surface area (Å²) in [4.78, 5) is 12.7. The molecule has 0 radical (unpaired) electrons. The largest absolute Gasteiger partial charge is 0.497 e. The van der Waals surface area contributed by atoms with Crippen molar-refractivity contribution in [1.82, 2.24) is 0 Å². The maximum Gasteiger partial charge on any atom is 0.255 e. The fourth-order valence-corrected chi connectivity index (χ4v) is 3.69. The Bertz CT molecular complexity index is 1280. The number of carbonyl (C=O) groups excluding carboxylic acids is 1. The molecule has 2 N–H and O–H groups in total. The summed E-state index contributed by atoms with van der Waals surface area (Å²) in [6.07, 6.45) is 1.04. The Morgan fingerprint density at radius 2 is 1.59 bits per heavy atom. The highest BCUT2D eigenvalue weighted by atomic mass is 32.2. The van der Waals surface area contributed by atoms with E-state index in [1.165, 1.54) is 26.4 Å². The smallest absolute Gasteiger partial charge is 0.255 e. The van der Waals surface area contributed by atoms with Crippen LogP contribution in [0, 0.1) is 0 Å².